The number of piperidine rings is 1. The maximum atomic E-state index is 14.7. The molecule has 3 heterocycles. The second-order valence-electron chi connectivity index (χ2n) is 6.49. The second kappa shape index (κ2) is 6.88. The van der Waals surface area contributed by atoms with Crippen LogP contribution in [0.1, 0.15) is 19.8 Å². The van der Waals surface area contributed by atoms with E-state index in [0.717, 1.165) is 25.9 Å². The van der Waals surface area contributed by atoms with Gasteiger partial charge in [0.1, 0.15) is 28.9 Å². The zero-order valence-electron chi connectivity index (χ0n) is 13.9. The molecule has 1 fully saturated rings. The maximum Gasteiger partial charge on any atom is 0.255 e. The van der Waals surface area contributed by atoms with Crippen LogP contribution >= 0.6 is 34.2 Å². The molecule has 5 nitrogen and oxygen atoms in total. The Labute approximate surface area is 167 Å². The summed E-state index contributed by atoms with van der Waals surface area (Å²) in [5, 5.41) is 4.23. The number of hydrogen-bond donors (Lipinski definition) is 0. The van der Waals surface area contributed by atoms with Gasteiger partial charge < -0.3 is 4.90 Å². The molecule has 0 bridgehead atoms. The van der Waals surface area contributed by atoms with Gasteiger partial charge >= 0.3 is 0 Å². The summed E-state index contributed by atoms with van der Waals surface area (Å²) in [5.41, 5.74) is 0.0274. The first kappa shape index (κ1) is 17.8. The average molecular weight is 490 g/mol. The minimum Gasteiger partial charge on any atom is -0.356 e. The fourth-order valence-corrected chi connectivity index (χ4v) is 4.11. The van der Waals surface area contributed by atoms with Gasteiger partial charge in [0.05, 0.1) is 11.1 Å². The van der Waals surface area contributed by atoms with Crippen LogP contribution in [0.5, 0.6) is 0 Å². The zero-order valence-corrected chi connectivity index (χ0v) is 16.8. The third kappa shape index (κ3) is 3.02. The molecule has 0 unspecified atom stereocenters. The number of anilines is 1. The lowest BCUT2D eigenvalue weighted by atomic mass is 9.98. The first-order valence-corrected chi connectivity index (χ1v) is 9.70. The monoisotopic (exact) mass is 489 g/mol. The molecule has 1 aliphatic rings. The molecule has 1 aromatic carbocycles. The van der Waals surface area contributed by atoms with Crippen LogP contribution in [0.25, 0.3) is 16.9 Å². The summed E-state index contributed by atoms with van der Waals surface area (Å²) < 4.78 is 31.4. The van der Waals surface area contributed by atoms with E-state index in [1.165, 1.54) is 23.0 Å². The van der Waals surface area contributed by atoms with Gasteiger partial charge in [-0.2, -0.15) is 19.6 Å². The topological polar surface area (TPSA) is 46.3 Å². The number of hydrogen-bond acceptors (Lipinski definition) is 4. The van der Waals surface area contributed by atoms with Crippen molar-refractivity contribution < 1.29 is 8.78 Å². The third-order valence-corrected chi connectivity index (χ3v) is 5.59. The van der Waals surface area contributed by atoms with Crippen molar-refractivity contribution >= 4 is 45.8 Å². The fraction of sp³-hybridized carbons (Fsp3) is 0.353. The van der Waals surface area contributed by atoms with Gasteiger partial charge in [0, 0.05) is 16.7 Å². The smallest absolute Gasteiger partial charge is 0.255 e. The summed E-state index contributed by atoms with van der Waals surface area (Å²) >= 11 is 8.25. The van der Waals surface area contributed by atoms with Gasteiger partial charge in [-0.15, -0.1) is 0 Å². The lowest BCUT2D eigenvalue weighted by Gasteiger charge is -2.33. The highest BCUT2D eigenvalue weighted by Crippen LogP contribution is 2.40. The Bertz CT molecular complexity index is 962. The second-order valence-corrected chi connectivity index (χ2v) is 8.09. The van der Waals surface area contributed by atoms with E-state index in [1.807, 2.05) is 22.6 Å². The van der Waals surface area contributed by atoms with E-state index in [-0.39, 0.29) is 16.3 Å². The Morgan fingerprint density at radius 2 is 1.81 bits per heavy atom. The van der Waals surface area contributed by atoms with Crippen LogP contribution in [0.3, 0.4) is 0 Å². The van der Waals surface area contributed by atoms with Gasteiger partial charge in [0.25, 0.3) is 5.78 Å². The Balaban J connectivity index is 2.00. The zero-order chi connectivity index (χ0) is 18.4. The van der Waals surface area contributed by atoms with Gasteiger partial charge in [0.2, 0.25) is 0 Å². The molecule has 9 heteroatoms. The molecule has 2 aromatic heterocycles. The number of halogens is 4. The Hall–Kier alpha value is -1.55. The van der Waals surface area contributed by atoms with E-state index in [9.17, 15) is 8.78 Å². The first-order valence-electron chi connectivity index (χ1n) is 8.24. The highest BCUT2D eigenvalue weighted by molar-refractivity contribution is 14.1. The molecule has 3 aromatic rings. The largest absolute Gasteiger partial charge is 0.356 e. The van der Waals surface area contributed by atoms with E-state index in [4.69, 9.17) is 11.6 Å². The van der Waals surface area contributed by atoms with Crippen molar-refractivity contribution in [3.8, 4) is 11.1 Å². The minimum atomic E-state index is -0.677. The molecular formula is C17H15ClF2IN5. The van der Waals surface area contributed by atoms with Crippen LogP contribution in [0.15, 0.2) is 18.5 Å². The molecule has 0 radical (unpaired) electrons. The van der Waals surface area contributed by atoms with Crippen molar-refractivity contribution in [1.82, 2.24) is 19.6 Å². The molecule has 0 N–H and O–H groups in total. The van der Waals surface area contributed by atoms with Crippen molar-refractivity contribution in [3.05, 3.63) is 38.8 Å². The highest BCUT2D eigenvalue weighted by Gasteiger charge is 2.28. The molecule has 0 aliphatic carbocycles. The first-order chi connectivity index (χ1) is 12.5. The lowest BCUT2D eigenvalue weighted by molar-refractivity contribution is 0.435. The molecule has 1 saturated heterocycles. The minimum absolute atomic E-state index is 0.0122. The Kier molecular flexibility index (Phi) is 4.72. The summed E-state index contributed by atoms with van der Waals surface area (Å²) in [4.78, 5) is 10.3. The van der Waals surface area contributed by atoms with Crippen LogP contribution in [0.4, 0.5) is 14.6 Å². The molecular weight excluding hydrogens is 475 g/mol. The number of nitrogens with zero attached hydrogens (tertiary/aromatic N) is 5. The Morgan fingerprint density at radius 3 is 2.46 bits per heavy atom. The van der Waals surface area contributed by atoms with E-state index in [2.05, 4.69) is 26.9 Å². The predicted octanol–water partition coefficient (Wildman–Crippen LogP) is 4.56. The van der Waals surface area contributed by atoms with Crippen molar-refractivity contribution in [2.24, 2.45) is 5.92 Å². The maximum absolute atomic E-state index is 14.7. The number of fused-ring (bicyclic) bond motifs is 1. The summed E-state index contributed by atoms with van der Waals surface area (Å²) in [7, 11) is 0. The Morgan fingerprint density at radius 1 is 1.15 bits per heavy atom. The van der Waals surface area contributed by atoms with Crippen LogP contribution in [0.2, 0.25) is 5.15 Å². The van der Waals surface area contributed by atoms with Gasteiger partial charge in [-0.3, -0.25) is 0 Å². The summed E-state index contributed by atoms with van der Waals surface area (Å²) in [5.74, 6) is 0.0838. The number of rotatable bonds is 2. The van der Waals surface area contributed by atoms with Gasteiger partial charge in [0.15, 0.2) is 0 Å². The van der Waals surface area contributed by atoms with Crippen LogP contribution in [0, 0.1) is 21.1 Å². The SMILES string of the molecule is CC1CCN(c2c(-c3c(F)cc(I)cc3F)c(Cl)nc3ncnn23)CC1. The van der Waals surface area contributed by atoms with E-state index >= 15 is 0 Å². The summed E-state index contributed by atoms with van der Waals surface area (Å²) in [6.07, 6.45) is 3.32. The summed E-state index contributed by atoms with van der Waals surface area (Å²) in [6, 6.07) is 2.56. The van der Waals surface area contributed by atoms with Crippen LogP contribution in [-0.2, 0) is 0 Å². The molecule has 4 rings (SSSR count). The quantitative estimate of drug-likeness (QED) is 0.391. The van der Waals surface area contributed by atoms with Crippen molar-refractivity contribution in [1.29, 1.82) is 0 Å². The van der Waals surface area contributed by atoms with Crippen molar-refractivity contribution in [2.75, 3.05) is 18.0 Å². The van der Waals surface area contributed by atoms with Crippen molar-refractivity contribution in [3.63, 3.8) is 0 Å². The standard InChI is InChI=1S/C17H15ClF2IN5/c1-9-2-4-25(5-3-9)16-14(13-11(19)6-10(21)7-12(13)20)15(18)24-17-22-8-23-26(16)17/h6-9H,2-5H2,1H3. The molecule has 1 aliphatic heterocycles. The molecule has 26 heavy (non-hydrogen) atoms. The molecule has 136 valence electrons. The average Bonchev–Trinajstić information content (AvgIpc) is 3.03. The van der Waals surface area contributed by atoms with E-state index in [0.29, 0.717) is 21.1 Å². The molecule has 0 atom stereocenters. The molecule has 0 spiro atoms. The van der Waals surface area contributed by atoms with Crippen LogP contribution in [-0.4, -0.2) is 32.7 Å². The lowest BCUT2D eigenvalue weighted by Crippen LogP contribution is -2.35. The fourth-order valence-electron chi connectivity index (χ4n) is 3.31. The summed E-state index contributed by atoms with van der Waals surface area (Å²) in [6.45, 7) is 3.69. The number of aromatic nitrogens is 4. The van der Waals surface area contributed by atoms with Gasteiger partial charge in [-0.05, 0) is 53.5 Å². The predicted molar refractivity (Wildman–Crippen MR) is 104 cm³/mol. The van der Waals surface area contributed by atoms with E-state index < -0.39 is 11.6 Å². The third-order valence-electron chi connectivity index (χ3n) is 4.70. The highest BCUT2D eigenvalue weighted by atomic mass is 127. The number of benzene rings is 1. The van der Waals surface area contributed by atoms with Crippen LogP contribution < -0.4 is 4.90 Å². The molecule has 0 saturated carbocycles. The normalized spacial score (nSPS) is 15.8. The van der Waals surface area contributed by atoms with E-state index in [1.54, 1.807) is 0 Å². The molecule has 0 amide bonds. The van der Waals surface area contributed by atoms with Crippen molar-refractivity contribution in [2.45, 2.75) is 19.8 Å². The van der Waals surface area contributed by atoms with Gasteiger partial charge in [-0.1, -0.05) is 18.5 Å². The van der Waals surface area contributed by atoms with Gasteiger partial charge in [-0.25, -0.2) is 8.78 Å².